The zero-order valence-electron chi connectivity index (χ0n) is 8.08. The molecule has 0 saturated carbocycles. The van der Waals surface area contributed by atoms with Crippen LogP contribution in [0, 0.1) is 0 Å². The van der Waals surface area contributed by atoms with E-state index < -0.39 is 0 Å². The summed E-state index contributed by atoms with van der Waals surface area (Å²) < 4.78 is 4.91. The molecular formula is C9H15NO3. The van der Waals surface area contributed by atoms with Crippen LogP contribution in [-0.2, 0) is 14.3 Å². The molecule has 74 valence electrons. The van der Waals surface area contributed by atoms with Gasteiger partial charge in [-0.25, -0.2) is 0 Å². The number of carbonyl (C=O) groups is 2. The van der Waals surface area contributed by atoms with Gasteiger partial charge >= 0.3 is 0 Å². The lowest BCUT2D eigenvalue weighted by atomic mass is 10.2. The number of hydrogen-bond donors (Lipinski definition) is 0. The van der Waals surface area contributed by atoms with E-state index in [-0.39, 0.29) is 17.7 Å². The average molecular weight is 185 g/mol. The molecule has 0 aromatic rings. The van der Waals surface area contributed by atoms with Crippen molar-refractivity contribution in [3.63, 3.8) is 0 Å². The number of likely N-dealkylation sites (tertiary alicyclic amines) is 1. The first-order valence-electron chi connectivity index (χ1n) is 4.49. The van der Waals surface area contributed by atoms with Crippen molar-refractivity contribution in [3.8, 4) is 0 Å². The van der Waals surface area contributed by atoms with Crippen LogP contribution in [0.1, 0.15) is 19.8 Å². The molecule has 0 aromatic heterocycles. The highest BCUT2D eigenvalue weighted by Gasteiger charge is 2.31. The molecule has 4 nitrogen and oxygen atoms in total. The van der Waals surface area contributed by atoms with Gasteiger partial charge in [0, 0.05) is 32.7 Å². The van der Waals surface area contributed by atoms with Gasteiger partial charge in [0.05, 0.1) is 0 Å². The van der Waals surface area contributed by atoms with Crippen LogP contribution in [0.25, 0.3) is 0 Å². The Kier molecular flexibility index (Phi) is 3.42. The summed E-state index contributed by atoms with van der Waals surface area (Å²) in [5.74, 6) is -0.590. The van der Waals surface area contributed by atoms with Crippen molar-refractivity contribution in [1.82, 2.24) is 4.90 Å². The molecule has 0 radical (unpaired) electrons. The highest BCUT2D eigenvalue weighted by molar-refractivity contribution is 6.37. The largest absolute Gasteiger partial charge is 0.385 e. The van der Waals surface area contributed by atoms with E-state index in [1.165, 1.54) is 0 Å². The number of amides is 1. The van der Waals surface area contributed by atoms with Crippen molar-refractivity contribution in [3.05, 3.63) is 0 Å². The summed E-state index contributed by atoms with van der Waals surface area (Å²) in [6.07, 6.45) is 1.16. The standard InChI is InChI=1S/C9H15NO3/c1-7(4-6-13-2)10-5-3-8(11)9(10)12/h7H,3-6H2,1-2H3. The topological polar surface area (TPSA) is 46.6 Å². The molecule has 1 fully saturated rings. The Morgan fingerprint density at radius 1 is 1.54 bits per heavy atom. The maximum absolute atomic E-state index is 11.2. The van der Waals surface area contributed by atoms with E-state index in [1.807, 2.05) is 6.92 Å². The Morgan fingerprint density at radius 3 is 2.69 bits per heavy atom. The molecule has 1 saturated heterocycles. The minimum absolute atomic E-state index is 0.110. The number of methoxy groups -OCH3 is 1. The Morgan fingerprint density at radius 2 is 2.23 bits per heavy atom. The van der Waals surface area contributed by atoms with Gasteiger partial charge in [-0.05, 0) is 13.3 Å². The number of ketones is 1. The van der Waals surface area contributed by atoms with Gasteiger partial charge in [-0.2, -0.15) is 0 Å². The fourth-order valence-corrected chi connectivity index (χ4v) is 1.46. The van der Waals surface area contributed by atoms with E-state index in [0.29, 0.717) is 19.6 Å². The second-order valence-electron chi connectivity index (χ2n) is 3.30. The van der Waals surface area contributed by atoms with Crippen molar-refractivity contribution in [2.75, 3.05) is 20.3 Å². The van der Waals surface area contributed by atoms with Crippen molar-refractivity contribution in [2.24, 2.45) is 0 Å². The van der Waals surface area contributed by atoms with Gasteiger partial charge in [0.2, 0.25) is 5.78 Å². The summed E-state index contributed by atoms with van der Waals surface area (Å²) in [6.45, 7) is 3.14. The van der Waals surface area contributed by atoms with Crippen LogP contribution in [0.3, 0.4) is 0 Å². The highest BCUT2D eigenvalue weighted by atomic mass is 16.5. The van der Waals surface area contributed by atoms with Crippen molar-refractivity contribution < 1.29 is 14.3 Å². The van der Waals surface area contributed by atoms with Gasteiger partial charge in [0.15, 0.2) is 0 Å². The zero-order valence-corrected chi connectivity index (χ0v) is 8.08. The van der Waals surface area contributed by atoms with Gasteiger partial charge < -0.3 is 9.64 Å². The van der Waals surface area contributed by atoms with Gasteiger partial charge in [-0.1, -0.05) is 0 Å². The number of ether oxygens (including phenoxy) is 1. The van der Waals surface area contributed by atoms with E-state index >= 15 is 0 Å². The van der Waals surface area contributed by atoms with Gasteiger partial charge in [-0.3, -0.25) is 9.59 Å². The molecule has 1 heterocycles. The van der Waals surface area contributed by atoms with Crippen LogP contribution < -0.4 is 0 Å². The van der Waals surface area contributed by atoms with E-state index in [0.717, 1.165) is 6.42 Å². The molecule has 1 unspecified atom stereocenters. The predicted molar refractivity (Wildman–Crippen MR) is 47.3 cm³/mol. The number of hydrogen-bond acceptors (Lipinski definition) is 3. The van der Waals surface area contributed by atoms with Crippen molar-refractivity contribution >= 4 is 11.7 Å². The molecule has 1 amide bonds. The first-order valence-corrected chi connectivity index (χ1v) is 4.49. The summed E-state index contributed by atoms with van der Waals surface area (Å²) in [6, 6.07) is 0.110. The molecule has 0 bridgehead atoms. The zero-order chi connectivity index (χ0) is 9.84. The fraction of sp³-hybridized carbons (Fsp3) is 0.778. The lowest BCUT2D eigenvalue weighted by molar-refractivity contribution is -0.141. The third-order valence-electron chi connectivity index (χ3n) is 2.35. The van der Waals surface area contributed by atoms with E-state index in [1.54, 1.807) is 12.0 Å². The van der Waals surface area contributed by atoms with Crippen molar-refractivity contribution in [1.29, 1.82) is 0 Å². The third kappa shape index (κ3) is 2.28. The molecule has 1 aliphatic rings. The maximum atomic E-state index is 11.2. The van der Waals surface area contributed by atoms with Gasteiger partial charge in [-0.15, -0.1) is 0 Å². The van der Waals surface area contributed by atoms with Crippen LogP contribution in [0.4, 0.5) is 0 Å². The molecule has 0 N–H and O–H groups in total. The first-order chi connectivity index (χ1) is 6.16. The summed E-state index contributed by atoms with van der Waals surface area (Å²) in [5, 5.41) is 0. The Bertz CT molecular complexity index is 215. The lowest BCUT2D eigenvalue weighted by Gasteiger charge is -2.22. The Balaban J connectivity index is 2.43. The smallest absolute Gasteiger partial charge is 0.290 e. The van der Waals surface area contributed by atoms with Crippen LogP contribution in [-0.4, -0.2) is 42.9 Å². The molecule has 4 heteroatoms. The summed E-state index contributed by atoms with van der Waals surface area (Å²) >= 11 is 0. The Labute approximate surface area is 77.8 Å². The molecule has 1 rings (SSSR count). The SMILES string of the molecule is COCCC(C)N1CCC(=O)C1=O. The maximum Gasteiger partial charge on any atom is 0.290 e. The van der Waals surface area contributed by atoms with E-state index in [4.69, 9.17) is 4.74 Å². The molecule has 0 aliphatic carbocycles. The molecule has 1 aliphatic heterocycles. The molecular weight excluding hydrogens is 170 g/mol. The summed E-state index contributed by atoms with van der Waals surface area (Å²) in [4.78, 5) is 23.8. The molecule has 0 aromatic carbocycles. The molecule has 1 atom stereocenters. The Hall–Kier alpha value is -0.900. The molecule has 0 spiro atoms. The quantitative estimate of drug-likeness (QED) is 0.588. The fourth-order valence-electron chi connectivity index (χ4n) is 1.46. The number of carbonyl (C=O) groups excluding carboxylic acids is 2. The highest BCUT2D eigenvalue weighted by Crippen LogP contribution is 2.12. The third-order valence-corrected chi connectivity index (χ3v) is 2.35. The van der Waals surface area contributed by atoms with Crippen LogP contribution in [0.15, 0.2) is 0 Å². The predicted octanol–water partition coefficient (Wildman–Crippen LogP) is 0.213. The summed E-state index contributed by atoms with van der Waals surface area (Å²) in [5.41, 5.74) is 0. The van der Waals surface area contributed by atoms with Crippen molar-refractivity contribution in [2.45, 2.75) is 25.8 Å². The van der Waals surface area contributed by atoms with E-state index in [9.17, 15) is 9.59 Å². The monoisotopic (exact) mass is 185 g/mol. The minimum atomic E-state index is -0.330. The molecule has 13 heavy (non-hydrogen) atoms. The number of Topliss-reactive ketones (excluding diaryl/α,β-unsaturated/α-hetero) is 1. The normalized spacial score (nSPS) is 19.7. The minimum Gasteiger partial charge on any atom is -0.385 e. The average Bonchev–Trinajstić information content (AvgIpc) is 2.44. The van der Waals surface area contributed by atoms with E-state index in [2.05, 4.69) is 0 Å². The lowest BCUT2D eigenvalue weighted by Crippen LogP contribution is -2.36. The second-order valence-corrected chi connectivity index (χ2v) is 3.30. The first kappa shape index (κ1) is 10.2. The van der Waals surface area contributed by atoms with Crippen LogP contribution in [0.5, 0.6) is 0 Å². The van der Waals surface area contributed by atoms with Crippen LogP contribution >= 0.6 is 0 Å². The van der Waals surface area contributed by atoms with Gasteiger partial charge in [0.25, 0.3) is 5.91 Å². The summed E-state index contributed by atoms with van der Waals surface area (Å²) in [7, 11) is 1.63. The van der Waals surface area contributed by atoms with Crippen LogP contribution in [0.2, 0.25) is 0 Å². The number of rotatable bonds is 4. The number of nitrogens with zero attached hydrogens (tertiary/aromatic N) is 1. The van der Waals surface area contributed by atoms with Gasteiger partial charge in [0.1, 0.15) is 0 Å². The second kappa shape index (κ2) is 4.37.